The fourth-order valence-electron chi connectivity index (χ4n) is 2.34. The van der Waals surface area contributed by atoms with E-state index in [0.717, 1.165) is 30.8 Å². The molecule has 1 aromatic heterocycles. The van der Waals surface area contributed by atoms with Gasteiger partial charge in [0.1, 0.15) is 0 Å². The first-order chi connectivity index (χ1) is 8.65. The number of pyridine rings is 1. The van der Waals surface area contributed by atoms with E-state index < -0.39 is 0 Å². The van der Waals surface area contributed by atoms with E-state index in [-0.39, 0.29) is 6.10 Å². The van der Waals surface area contributed by atoms with Gasteiger partial charge in [-0.2, -0.15) is 0 Å². The van der Waals surface area contributed by atoms with E-state index in [4.69, 9.17) is 10.5 Å². The summed E-state index contributed by atoms with van der Waals surface area (Å²) in [5, 5.41) is 3.54. The highest BCUT2D eigenvalue weighted by atomic mass is 16.5. The first kappa shape index (κ1) is 13.3. The number of nitrogens with one attached hydrogen (secondary N) is 1. The number of nitrogens with two attached hydrogens (primary N) is 1. The molecule has 1 aromatic rings. The topological polar surface area (TPSA) is 60.2 Å². The van der Waals surface area contributed by atoms with E-state index in [1.807, 2.05) is 19.9 Å². The quantitative estimate of drug-likeness (QED) is 0.836. The van der Waals surface area contributed by atoms with Crippen molar-refractivity contribution in [1.29, 1.82) is 0 Å². The summed E-state index contributed by atoms with van der Waals surface area (Å²) in [6.45, 7) is 4.83. The van der Waals surface area contributed by atoms with Crippen molar-refractivity contribution in [2.45, 2.75) is 57.8 Å². The Bertz CT molecular complexity index is 381. The average Bonchev–Trinajstić information content (AvgIpc) is 2.73. The van der Waals surface area contributed by atoms with Crippen LogP contribution in [0.4, 0.5) is 0 Å². The summed E-state index contributed by atoms with van der Waals surface area (Å²) in [6, 6.07) is 4.91. The van der Waals surface area contributed by atoms with Gasteiger partial charge < -0.3 is 15.8 Å². The predicted octanol–water partition coefficient (Wildman–Crippen LogP) is 1.84. The van der Waals surface area contributed by atoms with Crippen molar-refractivity contribution in [3.8, 4) is 5.88 Å². The molecule has 0 bridgehead atoms. The average molecular weight is 249 g/mol. The van der Waals surface area contributed by atoms with Crippen LogP contribution in [-0.4, -0.2) is 23.2 Å². The molecular formula is C14H23N3O. The third-order valence-electron chi connectivity index (χ3n) is 3.25. The van der Waals surface area contributed by atoms with E-state index in [0.29, 0.717) is 12.1 Å². The molecule has 2 rings (SSSR count). The summed E-state index contributed by atoms with van der Waals surface area (Å²) < 4.78 is 5.71. The molecule has 0 spiro atoms. The molecule has 100 valence electrons. The van der Waals surface area contributed by atoms with Gasteiger partial charge >= 0.3 is 0 Å². The zero-order chi connectivity index (χ0) is 13.0. The highest BCUT2D eigenvalue weighted by molar-refractivity contribution is 5.25. The largest absolute Gasteiger partial charge is 0.475 e. The minimum Gasteiger partial charge on any atom is -0.475 e. The Labute approximate surface area is 109 Å². The van der Waals surface area contributed by atoms with Crippen LogP contribution < -0.4 is 15.8 Å². The lowest BCUT2D eigenvalue weighted by Crippen LogP contribution is -2.28. The van der Waals surface area contributed by atoms with Crippen LogP contribution in [-0.2, 0) is 6.54 Å². The van der Waals surface area contributed by atoms with E-state index in [1.165, 1.54) is 6.42 Å². The first-order valence-electron chi connectivity index (χ1n) is 6.74. The Morgan fingerprint density at radius 2 is 2.33 bits per heavy atom. The van der Waals surface area contributed by atoms with Crippen molar-refractivity contribution in [2.24, 2.45) is 5.73 Å². The number of hydrogen-bond acceptors (Lipinski definition) is 4. The smallest absolute Gasteiger partial charge is 0.218 e. The maximum atomic E-state index is 5.91. The zero-order valence-electron chi connectivity index (χ0n) is 11.2. The van der Waals surface area contributed by atoms with Crippen LogP contribution in [0.1, 0.15) is 38.7 Å². The fraction of sp³-hybridized carbons (Fsp3) is 0.643. The van der Waals surface area contributed by atoms with Gasteiger partial charge in [-0.1, -0.05) is 6.07 Å². The summed E-state index contributed by atoms with van der Waals surface area (Å²) in [5.41, 5.74) is 7.03. The summed E-state index contributed by atoms with van der Waals surface area (Å²) in [7, 11) is 0. The van der Waals surface area contributed by atoms with Gasteiger partial charge in [-0.15, -0.1) is 0 Å². The minimum atomic E-state index is 0.151. The van der Waals surface area contributed by atoms with E-state index >= 15 is 0 Å². The van der Waals surface area contributed by atoms with Crippen LogP contribution in [0.2, 0.25) is 0 Å². The Kier molecular flexibility index (Phi) is 4.55. The molecule has 4 heteroatoms. The van der Waals surface area contributed by atoms with Crippen LogP contribution in [0, 0.1) is 0 Å². The molecule has 4 nitrogen and oxygen atoms in total. The van der Waals surface area contributed by atoms with Crippen LogP contribution in [0.15, 0.2) is 18.3 Å². The molecule has 1 aliphatic carbocycles. The van der Waals surface area contributed by atoms with Gasteiger partial charge in [0, 0.05) is 30.4 Å². The van der Waals surface area contributed by atoms with Crippen molar-refractivity contribution < 1.29 is 4.74 Å². The van der Waals surface area contributed by atoms with Gasteiger partial charge in [-0.25, -0.2) is 4.98 Å². The lowest BCUT2D eigenvalue weighted by atomic mass is 10.2. The second kappa shape index (κ2) is 6.16. The second-order valence-corrected chi connectivity index (χ2v) is 5.29. The molecule has 1 aliphatic rings. The van der Waals surface area contributed by atoms with E-state index in [2.05, 4.69) is 16.4 Å². The fourth-order valence-corrected chi connectivity index (χ4v) is 2.34. The number of nitrogens with zero attached hydrogens (tertiary/aromatic N) is 1. The highest BCUT2D eigenvalue weighted by Gasteiger charge is 2.21. The van der Waals surface area contributed by atoms with Crippen LogP contribution in [0.3, 0.4) is 0 Å². The molecule has 0 radical (unpaired) electrons. The van der Waals surface area contributed by atoms with Gasteiger partial charge in [0.2, 0.25) is 5.88 Å². The summed E-state index contributed by atoms with van der Waals surface area (Å²) in [5.74, 6) is 0.738. The van der Waals surface area contributed by atoms with E-state index in [9.17, 15) is 0 Å². The molecule has 18 heavy (non-hydrogen) atoms. The maximum absolute atomic E-state index is 5.91. The Morgan fingerprint density at radius 3 is 3.00 bits per heavy atom. The van der Waals surface area contributed by atoms with Gasteiger partial charge in [0.15, 0.2) is 0 Å². The number of ether oxygens (including phenoxy) is 1. The summed E-state index contributed by atoms with van der Waals surface area (Å²) in [4.78, 5) is 4.29. The van der Waals surface area contributed by atoms with Crippen LogP contribution in [0.25, 0.3) is 0 Å². The zero-order valence-corrected chi connectivity index (χ0v) is 11.2. The molecule has 0 amide bonds. The standard InChI is InChI=1S/C14H23N3O/c1-10(2)18-14-11(4-3-7-16-14)9-17-13-6-5-12(15)8-13/h3-4,7,10,12-13,17H,5-6,8-9,15H2,1-2H3. The van der Waals surface area contributed by atoms with Crippen molar-refractivity contribution >= 4 is 0 Å². The number of rotatable bonds is 5. The Morgan fingerprint density at radius 1 is 1.50 bits per heavy atom. The summed E-state index contributed by atoms with van der Waals surface area (Å²) >= 11 is 0. The molecule has 0 aromatic carbocycles. The molecule has 1 heterocycles. The van der Waals surface area contributed by atoms with Crippen molar-refractivity contribution in [1.82, 2.24) is 10.3 Å². The molecule has 1 saturated carbocycles. The third kappa shape index (κ3) is 3.68. The Hall–Kier alpha value is -1.13. The molecular weight excluding hydrogens is 226 g/mol. The lowest BCUT2D eigenvalue weighted by molar-refractivity contribution is 0.229. The third-order valence-corrected chi connectivity index (χ3v) is 3.25. The van der Waals surface area contributed by atoms with Gasteiger partial charge in [0.05, 0.1) is 6.10 Å². The van der Waals surface area contributed by atoms with Crippen LogP contribution >= 0.6 is 0 Å². The molecule has 2 unspecified atom stereocenters. The SMILES string of the molecule is CC(C)Oc1ncccc1CNC1CCC(N)C1. The molecule has 2 atom stereocenters. The van der Waals surface area contributed by atoms with Crippen molar-refractivity contribution in [3.63, 3.8) is 0 Å². The van der Waals surface area contributed by atoms with Gasteiger partial charge in [-0.3, -0.25) is 0 Å². The Balaban J connectivity index is 1.92. The lowest BCUT2D eigenvalue weighted by Gasteiger charge is -2.16. The first-order valence-corrected chi connectivity index (χ1v) is 6.74. The monoisotopic (exact) mass is 249 g/mol. The van der Waals surface area contributed by atoms with Crippen molar-refractivity contribution in [2.75, 3.05) is 0 Å². The minimum absolute atomic E-state index is 0.151. The molecule has 3 N–H and O–H groups in total. The highest BCUT2D eigenvalue weighted by Crippen LogP contribution is 2.20. The maximum Gasteiger partial charge on any atom is 0.218 e. The normalized spacial score (nSPS) is 23.6. The molecule has 1 fully saturated rings. The van der Waals surface area contributed by atoms with Crippen molar-refractivity contribution in [3.05, 3.63) is 23.9 Å². The molecule has 0 saturated heterocycles. The number of hydrogen-bond donors (Lipinski definition) is 2. The second-order valence-electron chi connectivity index (χ2n) is 5.29. The number of aromatic nitrogens is 1. The van der Waals surface area contributed by atoms with Gasteiger partial charge in [0.25, 0.3) is 0 Å². The summed E-state index contributed by atoms with van der Waals surface area (Å²) in [6.07, 6.45) is 5.29. The molecule has 0 aliphatic heterocycles. The van der Waals surface area contributed by atoms with Gasteiger partial charge in [-0.05, 0) is 39.2 Å². The predicted molar refractivity (Wildman–Crippen MR) is 72.5 cm³/mol. The van der Waals surface area contributed by atoms with Crippen LogP contribution in [0.5, 0.6) is 5.88 Å². The van der Waals surface area contributed by atoms with E-state index in [1.54, 1.807) is 6.20 Å².